The van der Waals surface area contributed by atoms with Crippen LogP contribution < -0.4 is 9.80 Å². The molecule has 0 aliphatic heterocycles. The van der Waals surface area contributed by atoms with Crippen LogP contribution in [-0.2, 0) is 10.8 Å². The molecule has 0 radical (unpaired) electrons. The van der Waals surface area contributed by atoms with Crippen LogP contribution in [0.25, 0.3) is 22.3 Å². The summed E-state index contributed by atoms with van der Waals surface area (Å²) < 4.78 is 15.8. The average Bonchev–Trinajstić information content (AvgIpc) is 4.10. The Morgan fingerprint density at radius 2 is 0.561 bits per heavy atom. The molecule has 8 aromatic carbocycles. The minimum absolute atomic E-state index is 0.741. The molecular weight excluding hydrogens is 805 g/mol. The van der Waals surface area contributed by atoms with Crippen molar-refractivity contribution < 1.29 is 8.83 Å². The van der Waals surface area contributed by atoms with Gasteiger partial charge in [0.1, 0.15) is 22.4 Å². The minimum Gasteiger partial charge on any atom is -0.443 e. The molecule has 3 aliphatic rings. The highest BCUT2D eigenvalue weighted by molar-refractivity contribution is 5.94. The van der Waals surface area contributed by atoms with Gasteiger partial charge in [-0.3, -0.25) is 9.80 Å². The number of aryl methyl sites for hydroxylation is 4. The number of anilines is 6. The standard InChI is InChI=1S/C62H46N2O2/c1-39-17-13-21-43(33-39)63(44-22-14-18-40(2)34-44)57-37-55-59(65-57)62(53-31-11-7-27-49(53)50-28-8-12-32-54(50)62)56-38-58(64(45-23-15-19-41(3)35-45)46-24-16-20-42(4)36-46)66-60(56)61(55)51-29-9-5-25-47(51)48-26-6-10-30-52(48)61/h5-38H,1-4H3. The summed E-state index contributed by atoms with van der Waals surface area (Å²) in [4.78, 5) is 4.59. The van der Waals surface area contributed by atoms with Crippen LogP contribution in [0.4, 0.5) is 34.5 Å². The van der Waals surface area contributed by atoms with Gasteiger partial charge in [-0.25, -0.2) is 0 Å². The fraction of sp³-hybridized carbons (Fsp3) is 0.0968. The largest absolute Gasteiger partial charge is 0.443 e. The zero-order valence-corrected chi connectivity index (χ0v) is 37.3. The molecule has 0 N–H and O–H groups in total. The van der Waals surface area contributed by atoms with Crippen LogP contribution in [0.1, 0.15) is 67.2 Å². The molecule has 0 amide bonds. The summed E-state index contributed by atoms with van der Waals surface area (Å²) in [6.07, 6.45) is 0. The van der Waals surface area contributed by atoms with Crippen molar-refractivity contribution >= 4 is 34.5 Å². The summed E-state index contributed by atoms with van der Waals surface area (Å²) >= 11 is 0. The number of rotatable bonds is 6. The molecule has 2 heterocycles. The maximum Gasteiger partial charge on any atom is 0.205 e. The predicted octanol–water partition coefficient (Wildman–Crippen LogP) is 16.1. The van der Waals surface area contributed by atoms with Gasteiger partial charge >= 0.3 is 0 Å². The van der Waals surface area contributed by atoms with Crippen LogP contribution in [0, 0.1) is 27.7 Å². The Morgan fingerprint density at radius 3 is 0.833 bits per heavy atom. The van der Waals surface area contributed by atoms with Gasteiger partial charge in [-0.2, -0.15) is 0 Å². The van der Waals surface area contributed by atoms with Crippen LogP contribution >= 0.6 is 0 Å². The summed E-state index contributed by atoms with van der Waals surface area (Å²) in [5, 5.41) is 0. The molecule has 3 aliphatic carbocycles. The Hall–Kier alpha value is -8.08. The second kappa shape index (κ2) is 14.2. The summed E-state index contributed by atoms with van der Waals surface area (Å²) in [6, 6.07) is 75.3. The summed E-state index contributed by atoms with van der Waals surface area (Å²) in [5.74, 6) is 3.27. The van der Waals surface area contributed by atoms with Gasteiger partial charge in [-0.05, 0) is 143 Å². The van der Waals surface area contributed by atoms with Crippen LogP contribution in [0.3, 0.4) is 0 Å². The van der Waals surface area contributed by atoms with E-state index >= 15 is 0 Å². The van der Waals surface area contributed by atoms with Crippen LogP contribution in [-0.4, -0.2) is 0 Å². The summed E-state index contributed by atoms with van der Waals surface area (Å²) in [7, 11) is 0. The lowest BCUT2D eigenvalue weighted by Gasteiger charge is -2.42. The van der Waals surface area contributed by atoms with Crippen molar-refractivity contribution in [1.29, 1.82) is 0 Å². The van der Waals surface area contributed by atoms with Gasteiger partial charge in [0.05, 0.1) is 0 Å². The quantitative estimate of drug-likeness (QED) is 0.167. The van der Waals surface area contributed by atoms with E-state index in [0.717, 1.165) is 57.2 Å². The van der Waals surface area contributed by atoms with Crippen molar-refractivity contribution in [3.8, 4) is 22.3 Å². The molecule has 0 unspecified atom stereocenters. The highest BCUT2D eigenvalue weighted by Crippen LogP contribution is 2.69. The lowest BCUT2D eigenvalue weighted by atomic mass is 9.57. The Kier molecular flexibility index (Phi) is 8.26. The van der Waals surface area contributed by atoms with E-state index in [1.807, 2.05) is 0 Å². The first-order valence-corrected chi connectivity index (χ1v) is 22.9. The Balaban J connectivity index is 1.21. The molecule has 316 valence electrons. The molecule has 2 aromatic heterocycles. The maximum atomic E-state index is 7.92. The summed E-state index contributed by atoms with van der Waals surface area (Å²) in [5.41, 5.74) is 18.6. The topological polar surface area (TPSA) is 32.8 Å². The van der Waals surface area contributed by atoms with Gasteiger partial charge in [0.25, 0.3) is 0 Å². The zero-order chi connectivity index (χ0) is 44.3. The molecule has 4 heteroatoms. The highest BCUT2D eigenvalue weighted by atomic mass is 16.4. The molecule has 0 bridgehead atoms. The van der Waals surface area contributed by atoms with Crippen LogP contribution in [0.15, 0.2) is 215 Å². The van der Waals surface area contributed by atoms with E-state index in [1.54, 1.807) is 0 Å². The van der Waals surface area contributed by atoms with Gasteiger partial charge in [-0.1, -0.05) is 146 Å². The first-order valence-electron chi connectivity index (χ1n) is 22.9. The van der Waals surface area contributed by atoms with E-state index in [-0.39, 0.29) is 0 Å². The van der Waals surface area contributed by atoms with Crippen molar-refractivity contribution in [3.05, 3.63) is 273 Å². The Morgan fingerprint density at radius 1 is 0.288 bits per heavy atom. The van der Waals surface area contributed by atoms with Gasteiger partial charge in [0, 0.05) is 46.0 Å². The van der Waals surface area contributed by atoms with E-state index in [4.69, 9.17) is 8.83 Å². The molecule has 0 saturated carbocycles. The molecule has 0 fully saturated rings. The molecular formula is C62H46N2O2. The fourth-order valence-electron chi connectivity index (χ4n) is 11.8. The second-order valence-electron chi connectivity index (χ2n) is 18.4. The van der Waals surface area contributed by atoms with E-state index < -0.39 is 10.8 Å². The minimum atomic E-state index is -0.897. The molecule has 66 heavy (non-hydrogen) atoms. The van der Waals surface area contributed by atoms with Crippen molar-refractivity contribution in [2.45, 2.75) is 38.5 Å². The third-order valence-corrected chi connectivity index (χ3v) is 14.3. The van der Waals surface area contributed by atoms with Crippen molar-refractivity contribution in [3.63, 3.8) is 0 Å². The maximum absolute atomic E-state index is 7.92. The van der Waals surface area contributed by atoms with Gasteiger partial charge < -0.3 is 8.83 Å². The first-order chi connectivity index (χ1) is 32.3. The average molecular weight is 851 g/mol. The molecule has 0 atom stereocenters. The number of fused-ring (bicyclic) bond motifs is 16. The van der Waals surface area contributed by atoms with Crippen LogP contribution in [0.5, 0.6) is 0 Å². The molecule has 10 aromatic rings. The lowest BCUT2D eigenvalue weighted by molar-refractivity contribution is 0.405. The lowest BCUT2D eigenvalue weighted by Crippen LogP contribution is -2.42. The van der Waals surface area contributed by atoms with Crippen molar-refractivity contribution in [2.75, 3.05) is 9.80 Å². The Bertz CT molecular complexity index is 3120. The van der Waals surface area contributed by atoms with E-state index in [0.29, 0.717) is 0 Å². The van der Waals surface area contributed by atoms with E-state index in [2.05, 4.69) is 244 Å². The number of furan rings is 2. The van der Waals surface area contributed by atoms with Crippen molar-refractivity contribution in [1.82, 2.24) is 0 Å². The molecule has 13 rings (SSSR count). The van der Waals surface area contributed by atoms with Crippen LogP contribution in [0.2, 0.25) is 0 Å². The summed E-state index contributed by atoms with van der Waals surface area (Å²) in [6.45, 7) is 8.61. The second-order valence-corrected chi connectivity index (χ2v) is 18.4. The fourth-order valence-corrected chi connectivity index (χ4v) is 11.8. The Labute approximate surface area is 385 Å². The van der Waals surface area contributed by atoms with Crippen molar-refractivity contribution in [2.24, 2.45) is 0 Å². The third kappa shape index (κ3) is 5.21. The van der Waals surface area contributed by atoms with E-state index in [9.17, 15) is 0 Å². The smallest absolute Gasteiger partial charge is 0.205 e. The number of hydrogen-bond acceptors (Lipinski definition) is 4. The number of benzene rings is 8. The number of nitrogens with zero attached hydrogens (tertiary/aromatic N) is 2. The highest BCUT2D eigenvalue weighted by Gasteiger charge is 2.64. The normalized spacial score (nSPS) is 14.0. The van der Waals surface area contributed by atoms with Gasteiger partial charge in [0.15, 0.2) is 0 Å². The molecule has 2 spiro atoms. The predicted molar refractivity (Wildman–Crippen MR) is 267 cm³/mol. The SMILES string of the molecule is Cc1cccc(N(c2cccc(C)c2)c2cc3c(o2)C2(c4ccccc4-c4ccccc42)c2cc(N(c4cccc(C)c4)c4cccc(C)c4)oc2C32c3ccccc3-c3ccccc32)c1. The zero-order valence-electron chi connectivity index (χ0n) is 37.3. The van der Waals surface area contributed by atoms with Gasteiger partial charge in [-0.15, -0.1) is 0 Å². The molecule has 4 nitrogen and oxygen atoms in total. The first kappa shape index (κ1) is 38.4. The monoisotopic (exact) mass is 850 g/mol. The van der Waals surface area contributed by atoms with Gasteiger partial charge in [0.2, 0.25) is 11.8 Å². The third-order valence-electron chi connectivity index (χ3n) is 14.3. The number of hydrogen-bond donors (Lipinski definition) is 0. The molecule has 0 saturated heterocycles. The van der Waals surface area contributed by atoms with E-state index in [1.165, 1.54) is 66.8 Å².